The van der Waals surface area contributed by atoms with Gasteiger partial charge in [0, 0.05) is 18.0 Å². The largest absolute Gasteiger partial charge is 0.313 e. The number of carbonyl (C=O) groups excluding carboxylic acids is 1. The van der Waals surface area contributed by atoms with Gasteiger partial charge in [-0.15, -0.1) is 11.3 Å². The molecule has 1 aromatic rings. The van der Waals surface area contributed by atoms with Crippen LogP contribution in [0.2, 0.25) is 0 Å². The summed E-state index contributed by atoms with van der Waals surface area (Å²) in [7, 11) is 0. The number of aryl methyl sites for hydroxylation is 1. The van der Waals surface area contributed by atoms with Crippen molar-refractivity contribution in [3.05, 3.63) is 11.1 Å². The van der Waals surface area contributed by atoms with Crippen LogP contribution in [-0.2, 0) is 4.79 Å². The van der Waals surface area contributed by atoms with E-state index in [4.69, 9.17) is 0 Å². The Kier molecular flexibility index (Phi) is 5.94. The molecule has 0 spiro atoms. The van der Waals surface area contributed by atoms with Crippen molar-refractivity contribution in [3.8, 4) is 0 Å². The maximum absolute atomic E-state index is 12.0. The molecular weight excluding hydrogens is 272 g/mol. The Labute approximate surface area is 124 Å². The molecule has 112 valence electrons. The molecule has 2 N–H and O–H groups in total. The molecule has 2 rings (SSSR count). The molecule has 5 nitrogen and oxygen atoms in total. The first-order chi connectivity index (χ1) is 9.67. The summed E-state index contributed by atoms with van der Waals surface area (Å²) in [5, 5.41) is 9.04. The molecule has 1 saturated heterocycles. The Morgan fingerprint density at radius 3 is 3.05 bits per heavy atom. The number of aromatic nitrogens is 1. The zero-order valence-electron chi connectivity index (χ0n) is 12.3. The Morgan fingerprint density at radius 1 is 1.60 bits per heavy atom. The van der Waals surface area contributed by atoms with Gasteiger partial charge in [0.2, 0.25) is 5.91 Å². The summed E-state index contributed by atoms with van der Waals surface area (Å²) in [5.74, 6) is 0.0250. The molecule has 0 radical (unpaired) electrons. The molecule has 2 heterocycles. The van der Waals surface area contributed by atoms with E-state index in [1.54, 1.807) is 0 Å². The fraction of sp³-hybridized carbons (Fsp3) is 0.714. The van der Waals surface area contributed by atoms with Gasteiger partial charge in [0.25, 0.3) is 0 Å². The third kappa shape index (κ3) is 4.85. The van der Waals surface area contributed by atoms with Crippen LogP contribution in [0.25, 0.3) is 0 Å². The number of carbonyl (C=O) groups is 1. The number of thiazole rings is 1. The molecule has 1 atom stereocenters. The molecule has 6 heteroatoms. The number of hydrogen-bond acceptors (Lipinski definition) is 5. The van der Waals surface area contributed by atoms with Gasteiger partial charge in [-0.2, -0.15) is 0 Å². The van der Waals surface area contributed by atoms with E-state index in [9.17, 15) is 4.79 Å². The van der Waals surface area contributed by atoms with Gasteiger partial charge in [0.1, 0.15) is 0 Å². The third-order valence-electron chi connectivity index (χ3n) is 3.57. The Bertz CT molecular complexity index is 429. The lowest BCUT2D eigenvalue weighted by Crippen LogP contribution is -2.45. The second-order valence-corrected chi connectivity index (χ2v) is 6.17. The number of amides is 1. The van der Waals surface area contributed by atoms with Gasteiger partial charge in [-0.05, 0) is 32.9 Å². The van der Waals surface area contributed by atoms with E-state index in [0.717, 1.165) is 25.3 Å². The Morgan fingerprint density at radius 2 is 2.45 bits per heavy atom. The number of rotatable bonds is 6. The van der Waals surface area contributed by atoms with Crippen LogP contribution in [-0.4, -0.2) is 48.0 Å². The number of piperidine rings is 1. The number of nitrogens with zero attached hydrogens (tertiary/aromatic N) is 2. The summed E-state index contributed by atoms with van der Waals surface area (Å²) >= 11 is 1.47. The van der Waals surface area contributed by atoms with Gasteiger partial charge in [0.15, 0.2) is 5.13 Å². The van der Waals surface area contributed by atoms with Crippen molar-refractivity contribution in [3.63, 3.8) is 0 Å². The van der Waals surface area contributed by atoms with Gasteiger partial charge in [0.05, 0.1) is 12.2 Å². The van der Waals surface area contributed by atoms with Gasteiger partial charge in [-0.1, -0.05) is 13.3 Å². The van der Waals surface area contributed by atoms with Crippen LogP contribution >= 0.6 is 11.3 Å². The normalized spacial score (nSPS) is 19.2. The molecule has 0 saturated carbocycles. The maximum atomic E-state index is 12.0. The smallest absolute Gasteiger partial charge is 0.240 e. The standard InChI is InChI=1S/C14H24N4OS/c1-3-18(8-12-6-4-5-7-15-12)9-13(19)17-14-16-11(2)10-20-14/h10,12,15H,3-9H2,1-2H3,(H,16,17,19). The molecule has 0 aliphatic carbocycles. The molecular formula is C14H24N4OS. The summed E-state index contributed by atoms with van der Waals surface area (Å²) in [5.41, 5.74) is 0.948. The molecule has 20 heavy (non-hydrogen) atoms. The van der Waals surface area contributed by atoms with Crippen molar-refractivity contribution in [1.29, 1.82) is 0 Å². The second-order valence-electron chi connectivity index (χ2n) is 5.32. The van der Waals surface area contributed by atoms with Crippen LogP contribution in [0.1, 0.15) is 31.9 Å². The van der Waals surface area contributed by atoms with Crippen LogP contribution in [0.4, 0.5) is 5.13 Å². The van der Waals surface area contributed by atoms with Crippen molar-refractivity contribution in [2.45, 2.75) is 39.2 Å². The van der Waals surface area contributed by atoms with E-state index >= 15 is 0 Å². The van der Waals surface area contributed by atoms with Crippen molar-refractivity contribution < 1.29 is 4.79 Å². The minimum absolute atomic E-state index is 0.0250. The highest BCUT2D eigenvalue weighted by Gasteiger charge is 2.17. The van der Waals surface area contributed by atoms with E-state index < -0.39 is 0 Å². The lowest BCUT2D eigenvalue weighted by atomic mass is 10.0. The van der Waals surface area contributed by atoms with Gasteiger partial charge in [-0.25, -0.2) is 4.98 Å². The number of anilines is 1. The number of likely N-dealkylation sites (N-methyl/N-ethyl adjacent to an activating group) is 1. The SMILES string of the molecule is CCN(CC(=O)Nc1nc(C)cs1)CC1CCCCN1. The van der Waals surface area contributed by atoms with E-state index in [1.165, 1.54) is 30.6 Å². The third-order valence-corrected chi connectivity index (χ3v) is 4.45. The molecule has 1 fully saturated rings. The minimum Gasteiger partial charge on any atom is -0.313 e. The monoisotopic (exact) mass is 296 g/mol. The average molecular weight is 296 g/mol. The van der Waals surface area contributed by atoms with Gasteiger partial charge >= 0.3 is 0 Å². The molecule has 1 amide bonds. The van der Waals surface area contributed by atoms with E-state index in [-0.39, 0.29) is 5.91 Å². The number of hydrogen-bond donors (Lipinski definition) is 2. The van der Waals surface area contributed by atoms with Crippen LogP contribution in [0, 0.1) is 6.92 Å². The summed E-state index contributed by atoms with van der Waals surface area (Å²) in [4.78, 5) is 18.5. The predicted molar refractivity (Wildman–Crippen MR) is 83.2 cm³/mol. The van der Waals surface area contributed by atoms with E-state index in [0.29, 0.717) is 17.7 Å². The topological polar surface area (TPSA) is 57.3 Å². The van der Waals surface area contributed by atoms with Crippen molar-refractivity contribution >= 4 is 22.4 Å². The summed E-state index contributed by atoms with van der Waals surface area (Å²) in [6.07, 6.45) is 3.77. The first kappa shape index (κ1) is 15.4. The summed E-state index contributed by atoms with van der Waals surface area (Å²) in [6.45, 7) is 7.41. The van der Waals surface area contributed by atoms with Gasteiger partial charge < -0.3 is 10.6 Å². The Hall–Kier alpha value is -0.980. The van der Waals surface area contributed by atoms with Crippen molar-refractivity contribution in [2.75, 3.05) is 31.5 Å². The van der Waals surface area contributed by atoms with Crippen molar-refractivity contribution in [1.82, 2.24) is 15.2 Å². The summed E-state index contributed by atoms with van der Waals surface area (Å²) in [6, 6.07) is 0.526. The number of nitrogens with one attached hydrogen (secondary N) is 2. The highest BCUT2D eigenvalue weighted by Crippen LogP contribution is 2.14. The van der Waals surface area contributed by atoms with Crippen LogP contribution in [0.15, 0.2) is 5.38 Å². The fourth-order valence-corrected chi connectivity index (χ4v) is 3.17. The lowest BCUT2D eigenvalue weighted by molar-refractivity contribution is -0.117. The Balaban J connectivity index is 1.78. The van der Waals surface area contributed by atoms with Crippen molar-refractivity contribution in [2.24, 2.45) is 0 Å². The van der Waals surface area contributed by atoms with Crippen LogP contribution < -0.4 is 10.6 Å². The zero-order chi connectivity index (χ0) is 14.4. The average Bonchev–Trinajstić information content (AvgIpc) is 2.84. The molecule has 0 aromatic carbocycles. The first-order valence-corrected chi connectivity index (χ1v) is 8.23. The quantitative estimate of drug-likeness (QED) is 0.841. The second kappa shape index (κ2) is 7.71. The predicted octanol–water partition coefficient (Wildman–Crippen LogP) is 1.85. The first-order valence-electron chi connectivity index (χ1n) is 7.35. The lowest BCUT2D eigenvalue weighted by Gasteiger charge is -2.29. The molecule has 1 aromatic heterocycles. The fourth-order valence-electron chi connectivity index (χ4n) is 2.47. The highest BCUT2D eigenvalue weighted by atomic mass is 32.1. The molecule has 0 bridgehead atoms. The highest BCUT2D eigenvalue weighted by molar-refractivity contribution is 7.13. The molecule has 1 unspecified atom stereocenters. The maximum Gasteiger partial charge on any atom is 0.240 e. The molecule has 1 aliphatic rings. The van der Waals surface area contributed by atoms with Gasteiger partial charge in [-0.3, -0.25) is 9.69 Å². The van der Waals surface area contributed by atoms with Crippen LogP contribution in [0.3, 0.4) is 0 Å². The molecule has 1 aliphatic heterocycles. The van der Waals surface area contributed by atoms with Crippen LogP contribution in [0.5, 0.6) is 0 Å². The van der Waals surface area contributed by atoms with E-state index in [2.05, 4.69) is 27.4 Å². The summed E-state index contributed by atoms with van der Waals surface area (Å²) < 4.78 is 0. The minimum atomic E-state index is 0.0250. The zero-order valence-corrected chi connectivity index (χ0v) is 13.1. The van der Waals surface area contributed by atoms with E-state index in [1.807, 2.05) is 12.3 Å².